The van der Waals surface area contributed by atoms with Crippen LogP contribution in [-0.4, -0.2) is 31.2 Å². The van der Waals surface area contributed by atoms with Gasteiger partial charge in [0.15, 0.2) is 0 Å². The molecule has 2 aromatic rings. The third-order valence-electron chi connectivity index (χ3n) is 4.50. The zero-order chi connectivity index (χ0) is 21.6. The lowest BCUT2D eigenvalue weighted by atomic mass is 10.1. The number of benzene rings is 2. The molecule has 8 heteroatoms. The van der Waals surface area contributed by atoms with Gasteiger partial charge < -0.3 is 14.4 Å². The Morgan fingerprint density at radius 1 is 1.07 bits per heavy atom. The molecule has 0 saturated heterocycles. The number of amides is 2. The topological polar surface area (TPSA) is 92.8 Å². The van der Waals surface area contributed by atoms with E-state index in [1.807, 2.05) is 13.8 Å². The van der Waals surface area contributed by atoms with E-state index in [1.165, 1.54) is 38.1 Å². The minimum Gasteiger partial charge on any atom is -0.379 e. The number of anilines is 1. The molecule has 0 fully saturated rings. The van der Waals surface area contributed by atoms with Gasteiger partial charge in [-0.25, -0.2) is 0 Å². The van der Waals surface area contributed by atoms with Crippen LogP contribution in [0.5, 0.6) is 5.75 Å². The summed E-state index contributed by atoms with van der Waals surface area (Å²) in [5.74, 6) is -0.166. The fourth-order valence-electron chi connectivity index (χ4n) is 2.77. The van der Waals surface area contributed by atoms with Gasteiger partial charge in [0, 0.05) is 37.7 Å². The largest absolute Gasteiger partial charge is 0.379 e. The molecule has 29 heavy (non-hydrogen) atoms. The van der Waals surface area contributed by atoms with Crippen LogP contribution in [0.2, 0.25) is 0 Å². The summed E-state index contributed by atoms with van der Waals surface area (Å²) in [6, 6.07) is 12.5. The molecule has 2 amide bonds. The van der Waals surface area contributed by atoms with Crippen molar-refractivity contribution >= 4 is 27.6 Å². The third kappa shape index (κ3) is 6.05. The van der Waals surface area contributed by atoms with Gasteiger partial charge in [0.1, 0.15) is 10.6 Å². The summed E-state index contributed by atoms with van der Waals surface area (Å²) in [6.45, 7) is 7.03. The number of hydrogen-bond donors (Lipinski definition) is 1. The van der Waals surface area contributed by atoms with Gasteiger partial charge in [-0.1, -0.05) is 25.1 Å². The first-order valence-electron chi connectivity index (χ1n) is 9.31. The zero-order valence-corrected chi connectivity index (χ0v) is 17.8. The Labute approximate surface area is 171 Å². The minimum atomic E-state index is -4.08. The van der Waals surface area contributed by atoms with Crippen LogP contribution in [0.25, 0.3) is 0 Å². The second kappa shape index (κ2) is 9.56. The minimum absolute atomic E-state index is 0.0125. The number of carbonyl (C=O) groups is 2. The number of nitrogens with one attached hydrogen (secondary N) is 1. The van der Waals surface area contributed by atoms with Crippen LogP contribution in [0.1, 0.15) is 39.7 Å². The molecular weight excluding hydrogens is 392 g/mol. The van der Waals surface area contributed by atoms with E-state index in [0.717, 1.165) is 6.42 Å². The maximum absolute atomic E-state index is 12.7. The summed E-state index contributed by atoms with van der Waals surface area (Å²) in [5.41, 5.74) is 1.09. The van der Waals surface area contributed by atoms with Crippen molar-refractivity contribution in [3.05, 3.63) is 54.1 Å². The second-order valence-corrected chi connectivity index (χ2v) is 8.30. The van der Waals surface area contributed by atoms with Gasteiger partial charge in [-0.05, 0) is 43.7 Å². The lowest BCUT2D eigenvalue weighted by Crippen LogP contribution is -2.36. The Morgan fingerprint density at radius 3 is 2.24 bits per heavy atom. The second-order valence-electron chi connectivity index (χ2n) is 6.75. The van der Waals surface area contributed by atoms with Gasteiger partial charge in [-0.3, -0.25) is 9.59 Å². The highest BCUT2D eigenvalue weighted by Crippen LogP contribution is 2.26. The van der Waals surface area contributed by atoms with Gasteiger partial charge in [0.05, 0.1) is 0 Å². The number of nitrogens with zero attached hydrogens (tertiary/aromatic N) is 1. The molecule has 2 aromatic carbocycles. The van der Waals surface area contributed by atoms with Crippen LogP contribution in [0, 0.1) is 0 Å². The predicted octanol–water partition coefficient (Wildman–Crippen LogP) is 3.56. The van der Waals surface area contributed by atoms with Crippen LogP contribution in [-0.2, 0) is 26.3 Å². The quantitative estimate of drug-likeness (QED) is 0.662. The van der Waals surface area contributed by atoms with Crippen LogP contribution in [0.3, 0.4) is 0 Å². The highest BCUT2D eigenvalue weighted by Gasteiger charge is 2.21. The van der Waals surface area contributed by atoms with Gasteiger partial charge in [-0.15, -0.1) is 0 Å². The van der Waals surface area contributed by atoms with E-state index >= 15 is 0 Å². The standard InChI is InChI=1S/C21H26N2O5S/c1-5-15(2)23(17(4)25)14-18-8-6-7-9-21(18)28-29(26,27)20-12-10-19(11-13-20)22-16(3)24/h6-13,15H,5,14H2,1-4H3,(H,22,24)/t15-/m1/s1. The molecule has 0 radical (unpaired) electrons. The van der Waals surface area contributed by atoms with Crippen molar-refractivity contribution in [3.63, 3.8) is 0 Å². The molecule has 0 bridgehead atoms. The van der Waals surface area contributed by atoms with Crippen molar-refractivity contribution in [3.8, 4) is 5.75 Å². The zero-order valence-electron chi connectivity index (χ0n) is 17.0. The Hall–Kier alpha value is -2.87. The Bertz CT molecular complexity index is 971. The smallest absolute Gasteiger partial charge is 0.339 e. The molecule has 0 aliphatic carbocycles. The average Bonchev–Trinajstić information content (AvgIpc) is 2.66. The summed E-state index contributed by atoms with van der Waals surface area (Å²) in [6.07, 6.45) is 0.779. The van der Waals surface area contributed by atoms with Crippen molar-refractivity contribution in [2.24, 2.45) is 0 Å². The summed E-state index contributed by atoms with van der Waals surface area (Å²) in [5, 5.41) is 2.58. The fraction of sp³-hybridized carbons (Fsp3) is 0.333. The number of para-hydroxylation sites is 1. The molecule has 0 unspecified atom stereocenters. The highest BCUT2D eigenvalue weighted by molar-refractivity contribution is 7.87. The molecule has 156 valence electrons. The van der Waals surface area contributed by atoms with E-state index < -0.39 is 10.1 Å². The van der Waals surface area contributed by atoms with Gasteiger partial charge >= 0.3 is 10.1 Å². The summed E-state index contributed by atoms with van der Waals surface area (Å²) >= 11 is 0. The average molecular weight is 419 g/mol. The molecule has 0 aliphatic heterocycles. The Balaban J connectivity index is 2.27. The third-order valence-corrected chi connectivity index (χ3v) is 5.75. The SMILES string of the molecule is CC[C@@H](C)N(Cc1ccccc1OS(=O)(=O)c1ccc(NC(C)=O)cc1)C(C)=O. The van der Waals surface area contributed by atoms with Crippen molar-refractivity contribution in [2.45, 2.75) is 51.6 Å². The maximum Gasteiger partial charge on any atom is 0.339 e. The van der Waals surface area contributed by atoms with E-state index in [2.05, 4.69) is 5.32 Å². The first-order chi connectivity index (χ1) is 13.6. The molecule has 0 aliphatic rings. The lowest BCUT2D eigenvalue weighted by molar-refractivity contribution is -0.131. The van der Waals surface area contributed by atoms with Crippen molar-refractivity contribution in [1.82, 2.24) is 4.90 Å². The summed E-state index contributed by atoms with van der Waals surface area (Å²) in [4.78, 5) is 24.8. The molecule has 1 atom stereocenters. The molecule has 2 rings (SSSR count). The fourth-order valence-corrected chi connectivity index (χ4v) is 3.74. The van der Waals surface area contributed by atoms with Crippen molar-refractivity contribution in [2.75, 3.05) is 5.32 Å². The predicted molar refractivity (Wildman–Crippen MR) is 111 cm³/mol. The molecule has 0 aromatic heterocycles. The molecular formula is C21H26N2O5S. The van der Waals surface area contributed by atoms with Crippen LogP contribution < -0.4 is 9.50 Å². The summed E-state index contributed by atoms with van der Waals surface area (Å²) in [7, 11) is -4.08. The van der Waals surface area contributed by atoms with Crippen molar-refractivity contribution < 1.29 is 22.2 Å². The molecule has 0 heterocycles. The first-order valence-corrected chi connectivity index (χ1v) is 10.7. The van der Waals surface area contributed by atoms with Gasteiger partial charge in [0.25, 0.3) is 0 Å². The number of hydrogen-bond acceptors (Lipinski definition) is 5. The van der Waals surface area contributed by atoms with E-state index in [-0.39, 0.29) is 35.0 Å². The number of rotatable bonds is 8. The Morgan fingerprint density at radius 2 is 1.69 bits per heavy atom. The van der Waals surface area contributed by atoms with Crippen LogP contribution >= 0.6 is 0 Å². The molecule has 7 nitrogen and oxygen atoms in total. The molecule has 0 saturated carbocycles. The van der Waals surface area contributed by atoms with E-state index in [9.17, 15) is 18.0 Å². The maximum atomic E-state index is 12.7. The molecule has 0 spiro atoms. The van der Waals surface area contributed by atoms with E-state index in [1.54, 1.807) is 29.2 Å². The number of carbonyl (C=O) groups excluding carboxylic acids is 2. The first kappa shape index (κ1) is 22.4. The molecule has 1 N–H and O–H groups in total. The van der Waals surface area contributed by atoms with E-state index in [0.29, 0.717) is 11.3 Å². The van der Waals surface area contributed by atoms with E-state index in [4.69, 9.17) is 4.18 Å². The van der Waals surface area contributed by atoms with Gasteiger partial charge in [-0.2, -0.15) is 8.42 Å². The van der Waals surface area contributed by atoms with Gasteiger partial charge in [0.2, 0.25) is 11.8 Å². The normalized spacial score (nSPS) is 12.1. The van der Waals surface area contributed by atoms with Crippen LogP contribution in [0.4, 0.5) is 5.69 Å². The monoisotopic (exact) mass is 418 g/mol. The highest BCUT2D eigenvalue weighted by atomic mass is 32.2. The van der Waals surface area contributed by atoms with Crippen LogP contribution in [0.15, 0.2) is 53.4 Å². The Kier molecular flexibility index (Phi) is 7.39. The van der Waals surface area contributed by atoms with Crippen molar-refractivity contribution in [1.29, 1.82) is 0 Å². The lowest BCUT2D eigenvalue weighted by Gasteiger charge is -2.28. The summed E-state index contributed by atoms with van der Waals surface area (Å²) < 4.78 is 30.8.